The molecule has 2 aromatic heterocycles. The SMILES string of the molecule is COc1nc(C(=O)Nc2ccc(Sc3nccn3C)cc2)cc2ccccc12. The van der Waals surface area contributed by atoms with E-state index in [2.05, 4.69) is 15.3 Å². The van der Waals surface area contributed by atoms with E-state index in [1.807, 2.05) is 66.3 Å². The van der Waals surface area contributed by atoms with Gasteiger partial charge in [-0.1, -0.05) is 30.0 Å². The van der Waals surface area contributed by atoms with Crippen molar-refractivity contribution in [2.75, 3.05) is 12.4 Å². The summed E-state index contributed by atoms with van der Waals surface area (Å²) in [6, 6.07) is 17.1. The van der Waals surface area contributed by atoms with Gasteiger partial charge in [0, 0.05) is 35.4 Å². The predicted molar refractivity (Wildman–Crippen MR) is 110 cm³/mol. The number of fused-ring (bicyclic) bond motifs is 1. The average Bonchev–Trinajstić information content (AvgIpc) is 3.13. The predicted octanol–water partition coefficient (Wildman–Crippen LogP) is 4.38. The zero-order valence-corrected chi connectivity index (χ0v) is 16.2. The molecule has 1 amide bonds. The summed E-state index contributed by atoms with van der Waals surface area (Å²) in [7, 11) is 3.50. The third-order valence-corrected chi connectivity index (χ3v) is 5.31. The lowest BCUT2D eigenvalue weighted by atomic mass is 10.1. The maximum Gasteiger partial charge on any atom is 0.274 e. The molecule has 0 aliphatic heterocycles. The summed E-state index contributed by atoms with van der Waals surface area (Å²) in [6.07, 6.45) is 3.67. The molecule has 6 nitrogen and oxygen atoms in total. The van der Waals surface area contributed by atoms with Gasteiger partial charge in [0.25, 0.3) is 5.91 Å². The number of carbonyl (C=O) groups is 1. The van der Waals surface area contributed by atoms with Crippen molar-refractivity contribution in [2.24, 2.45) is 7.05 Å². The summed E-state index contributed by atoms with van der Waals surface area (Å²) in [4.78, 5) is 22.3. The Labute approximate surface area is 166 Å². The number of hydrogen-bond acceptors (Lipinski definition) is 5. The lowest BCUT2D eigenvalue weighted by Crippen LogP contribution is -2.14. The standard InChI is InChI=1S/C21H18N4O2S/c1-25-12-11-22-21(25)28-16-9-7-15(8-10-16)23-19(26)18-13-14-5-3-4-6-17(14)20(24-18)27-2/h3-13H,1-2H3,(H,23,26). The van der Waals surface area contributed by atoms with Crippen LogP contribution >= 0.6 is 11.8 Å². The van der Waals surface area contributed by atoms with Gasteiger partial charge in [-0.2, -0.15) is 0 Å². The van der Waals surface area contributed by atoms with E-state index in [1.54, 1.807) is 31.1 Å². The molecule has 28 heavy (non-hydrogen) atoms. The van der Waals surface area contributed by atoms with Gasteiger partial charge in [-0.05, 0) is 41.8 Å². The van der Waals surface area contributed by atoms with Crippen molar-refractivity contribution in [2.45, 2.75) is 10.1 Å². The molecule has 0 unspecified atom stereocenters. The lowest BCUT2D eigenvalue weighted by molar-refractivity contribution is 0.102. The normalized spacial score (nSPS) is 10.8. The van der Waals surface area contributed by atoms with Crippen LogP contribution in [-0.2, 0) is 7.05 Å². The van der Waals surface area contributed by atoms with Crippen LogP contribution in [0.4, 0.5) is 5.69 Å². The number of rotatable bonds is 5. The summed E-state index contributed by atoms with van der Waals surface area (Å²) in [5, 5.41) is 5.57. The lowest BCUT2D eigenvalue weighted by Gasteiger charge is -2.09. The Balaban J connectivity index is 1.52. The van der Waals surface area contributed by atoms with Crippen molar-refractivity contribution >= 4 is 34.1 Å². The number of nitrogens with zero attached hydrogens (tertiary/aromatic N) is 3. The Morgan fingerprint density at radius 3 is 2.64 bits per heavy atom. The first-order valence-corrected chi connectivity index (χ1v) is 9.46. The van der Waals surface area contributed by atoms with E-state index in [1.165, 1.54) is 0 Å². The highest BCUT2D eigenvalue weighted by atomic mass is 32.2. The summed E-state index contributed by atoms with van der Waals surface area (Å²) in [6.45, 7) is 0. The molecule has 2 aromatic carbocycles. The smallest absolute Gasteiger partial charge is 0.274 e. The number of carbonyl (C=O) groups excluding carboxylic acids is 1. The molecular weight excluding hydrogens is 372 g/mol. The molecule has 4 rings (SSSR count). The van der Waals surface area contributed by atoms with Crippen molar-refractivity contribution in [3.05, 3.63) is 72.7 Å². The summed E-state index contributed by atoms with van der Waals surface area (Å²) >= 11 is 1.56. The van der Waals surface area contributed by atoms with E-state index in [0.717, 1.165) is 20.8 Å². The molecule has 0 saturated carbocycles. The van der Waals surface area contributed by atoms with E-state index in [9.17, 15) is 4.79 Å². The second-order valence-electron chi connectivity index (χ2n) is 6.14. The van der Waals surface area contributed by atoms with Crippen molar-refractivity contribution in [3.8, 4) is 5.88 Å². The van der Waals surface area contributed by atoms with Crippen LogP contribution in [0.1, 0.15) is 10.5 Å². The van der Waals surface area contributed by atoms with Gasteiger partial charge >= 0.3 is 0 Å². The molecule has 2 heterocycles. The molecule has 4 aromatic rings. The fourth-order valence-electron chi connectivity index (χ4n) is 2.80. The number of nitrogens with one attached hydrogen (secondary N) is 1. The van der Waals surface area contributed by atoms with Crippen molar-refractivity contribution < 1.29 is 9.53 Å². The Morgan fingerprint density at radius 1 is 1.14 bits per heavy atom. The zero-order chi connectivity index (χ0) is 19.5. The first kappa shape index (κ1) is 18.1. The Morgan fingerprint density at radius 2 is 1.93 bits per heavy atom. The van der Waals surface area contributed by atoms with Crippen LogP contribution in [-0.4, -0.2) is 27.6 Å². The number of anilines is 1. The first-order chi connectivity index (χ1) is 13.6. The van der Waals surface area contributed by atoms with E-state index in [4.69, 9.17) is 4.74 Å². The van der Waals surface area contributed by atoms with E-state index >= 15 is 0 Å². The zero-order valence-electron chi connectivity index (χ0n) is 15.4. The molecule has 140 valence electrons. The Kier molecular flexibility index (Phi) is 4.99. The second kappa shape index (κ2) is 7.74. The second-order valence-corrected chi connectivity index (χ2v) is 7.18. The molecule has 0 saturated heterocycles. The van der Waals surface area contributed by atoms with Crippen molar-refractivity contribution in [1.29, 1.82) is 0 Å². The van der Waals surface area contributed by atoms with Crippen LogP contribution in [0.25, 0.3) is 10.8 Å². The monoisotopic (exact) mass is 390 g/mol. The average molecular weight is 390 g/mol. The third kappa shape index (κ3) is 3.70. The van der Waals surface area contributed by atoms with Crippen LogP contribution < -0.4 is 10.1 Å². The van der Waals surface area contributed by atoms with Crippen LogP contribution in [0.3, 0.4) is 0 Å². The van der Waals surface area contributed by atoms with Crippen molar-refractivity contribution in [3.63, 3.8) is 0 Å². The van der Waals surface area contributed by atoms with Gasteiger partial charge in [0.15, 0.2) is 5.16 Å². The molecule has 0 aliphatic rings. The number of benzene rings is 2. The van der Waals surface area contributed by atoms with E-state index in [0.29, 0.717) is 17.3 Å². The van der Waals surface area contributed by atoms with Crippen LogP contribution in [0, 0.1) is 0 Å². The fourth-order valence-corrected chi connectivity index (χ4v) is 3.60. The molecule has 1 N–H and O–H groups in total. The molecule has 0 bridgehead atoms. The molecule has 7 heteroatoms. The minimum absolute atomic E-state index is 0.284. The minimum Gasteiger partial charge on any atom is -0.481 e. The van der Waals surface area contributed by atoms with Crippen LogP contribution in [0.2, 0.25) is 0 Å². The number of aromatic nitrogens is 3. The van der Waals surface area contributed by atoms with Crippen LogP contribution in [0.15, 0.2) is 77.0 Å². The number of imidazole rings is 1. The number of aryl methyl sites for hydroxylation is 1. The Hall–Kier alpha value is -3.32. The number of hydrogen-bond donors (Lipinski definition) is 1. The third-order valence-electron chi connectivity index (χ3n) is 4.23. The van der Waals surface area contributed by atoms with Gasteiger partial charge in [-0.25, -0.2) is 9.97 Å². The highest BCUT2D eigenvalue weighted by Crippen LogP contribution is 2.27. The maximum absolute atomic E-state index is 12.7. The Bertz CT molecular complexity index is 1140. The molecule has 0 aliphatic carbocycles. The number of methoxy groups -OCH3 is 1. The van der Waals surface area contributed by atoms with Crippen LogP contribution in [0.5, 0.6) is 5.88 Å². The number of ether oxygens (including phenoxy) is 1. The molecule has 0 radical (unpaired) electrons. The highest BCUT2D eigenvalue weighted by Gasteiger charge is 2.13. The van der Waals surface area contributed by atoms with Gasteiger partial charge in [0.2, 0.25) is 5.88 Å². The van der Waals surface area contributed by atoms with Crippen molar-refractivity contribution in [1.82, 2.24) is 14.5 Å². The first-order valence-electron chi connectivity index (χ1n) is 8.64. The van der Waals surface area contributed by atoms with Gasteiger partial charge in [-0.3, -0.25) is 4.79 Å². The topological polar surface area (TPSA) is 69.0 Å². The molecule has 0 spiro atoms. The van der Waals surface area contributed by atoms with Gasteiger partial charge in [0.05, 0.1) is 7.11 Å². The summed E-state index contributed by atoms with van der Waals surface area (Å²) < 4.78 is 7.30. The highest BCUT2D eigenvalue weighted by molar-refractivity contribution is 7.99. The summed E-state index contributed by atoms with van der Waals surface area (Å²) in [5.41, 5.74) is 1.00. The maximum atomic E-state index is 12.7. The minimum atomic E-state index is -0.284. The summed E-state index contributed by atoms with van der Waals surface area (Å²) in [5.74, 6) is 0.152. The number of pyridine rings is 1. The van der Waals surface area contributed by atoms with Gasteiger partial charge in [0.1, 0.15) is 5.69 Å². The molecular formula is C21H18N4O2S. The van der Waals surface area contributed by atoms with E-state index in [-0.39, 0.29) is 5.91 Å². The van der Waals surface area contributed by atoms with E-state index < -0.39 is 0 Å². The van der Waals surface area contributed by atoms with Gasteiger partial charge < -0.3 is 14.6 Å². The fraction of sp³-hybridized carbons (Fsp3) is 0.0952. The number of amides is 1. The molecule has 0 fully saturated rings. The van der Waals surface area contributed by atoms with Gasteiger partial charge in [-0.15, -0.1) is 0 Å². The molecule has 0 atom stereocenters. The quantitative estimate of drug-likeness (QED) is 0.548. The largest absolute Gasteiger partial charge is 0.481 e.